The molecule has 10 rings (SSSR count). The highest BCUT2D eigenvalue weighted by Crippen LogP contribution is 2.45. The molecular weight excluding hydrogens is 631 g/mol. The average molecular weight is 664 g/mol. The molecule has 0 radical (unpaired) electrons. The Hall–Kier alpha value is -6.90. The molecular formula is C50H33NO. The van der Waals surface area contributed by atoms with Crippen LogP contribution in [0.5, 0.6) is 0 Å². The third-order valence-corrected chi connectivity index (χ3v) is 10.3. The minimum absolute atomic E-state index is 0.902. The van der Waals surface area contributed by atoms with E-state index in [0.717, 1.165) is 55.7 Å². The van der Waals surface area contributed by atoms with Crippen molar-refractivity contribution in [3.05, 3.63) is 200 Å². The molecule has 9 aromatic carbocycles. The maximum atomic E-state index is 6.24. The van der Waals surface area contributed by atoms with E-state index in [-0.39, 0.29) is 0 Å². The largest absolute Gasteiger partial charge is 0.456 e. The summed E-state index contributed by atoms with van der Waals surface area (Å²) < 4.78 is 6.24. The van der Waals surface area contributed by atoms with Gasteiger partial charge in [-0.25, -0.2) is 0 Å². The van der Waals surface area contributed by atoms with Crippen LogP contribution in [0, 0.1) is 0 Å². The van der Waals surface area contributed by atoms with Gasteiger partial charge < -0.3 is 9.32 Å². The fraction of sp³-hybridized carbons (Fsp3) is 0. The first kappa shape index (κ1) is 30.0. The van der Waals surface area contributed by atoms with Crippen LogP contribution in [0.3, 0.4) is 0 Å². The van der Waals surface area contributed by atoms with Crippen LogP contribution in [-0.4, -0.2) is 0 Å². The van der Waals surface area contributed by atoms with E-state index in [2.05, 4.69) is 193 Å². The molecule has 10 aromatic rings. The van der Waals surface area contributed by atoms with E-state index in [1.807, 2.05) is 12.1 Å². The van der Waals surface area contributed by atoms with Gasteiger partial charge in [-0.2, -0.15) is 0 Å². The van der Waals surface area contributed by atoms with Gasteiger partial charge in [0.1, 0.15) is 11.2 Å². The first-order valence-corrected chi connectivity index (χ1v) is 17.8. The van der Waals surface area contributed by atoms with E-state index < -0.39 is 0 Å². The smallest absolute Gasteiger partial charge is 0.136 e. The lowest BCUT2D eigenvalue weighted by atomic mass is 9.91. The quantitative estimate of drug-likeness (QED) is 0.165. The molecule has 0 unspecified atom stereocenters. The van der Waals surface area contributed by atoms with Gasteiger partial charge in [-0.1, -0.05) is 146 Å². The summed E-state index contributed by atoms with van der Waals surface area (Å²) in [4.78, 5) is 2.39. The predicted molar refractivity (Wildman–Crippen MR) is 220 cm³/mol. The lowest BCUT2D eigenvalue weighted by molar-refractivity contribution is 0.669. The molecule has 244 valence electrons. The Morgan fingerprint density at radius 1 is 0.308 bits per heavy atom. The average Bonchev–Trinajstić information content (AvgIpc) is 3.60. The van der Waals surface area contributed by atoms with Gasteiger partial charge in [-0.3, -0.25) is 0 Å². The van der Waals surface area contributed by atoms with E-state index in [0.29, 0.717) is 0 Å². The number of benzene rings is 9. The first-order valence-electron chi connectivity index (χ1n) is 17.8. The molecule has 1 aromatic heterocycles. The minimum Gasteiger partial charge on any atom is -0.456 e. The molecule has 0 spiro atoms. The van der Waals surface area contributed by atoms with Crippen LogP contribution in [0.4, 0.5) is 17.1 Å². The normalized spacial score (nSPS) is 11.5. The van der Waals surface area contributed by atoms with Crippen molar-refractivity contribution >= 4 is 60.5 Å². The zero-order chi connectivity index (χ0) is 34.4. The minimum atomic E-state index is 0.902. The summed E-state index contributed by atoms with van der Waals surface area (Å²) in [5.41, 5.74) is 12.1. The second-order valence-electron chi connectivity index (χ2n) is 13.3. The molecule has 0 N–H and O–H groups in total. The Morgan fingerprint density at radius 3 is 1.71 bits per heavy atom. The van der Waals surface area contributed by atoms with Gasteiger partial charge in [-0.05, 0) is 104 Å². The molecule has 0 atom stereocenters. The van der Waals surface area contributed by atoms with Gasteiger partial charge in [0, 0.05) is 27.7 Å². The van der Waals surface area contributed by atoms with E-state index in [1.54, 1.807) is 0 Å². The lowest BCUT2D eigenvalue weighted by Gasteiger charge is -2.29. The molecule has 0 amide bonds. The third kappa shape index (κ3) is 5.12. The zero-order valence-electron chi connectivity index (χ0n) is 28.4. The second kappa shape index (κ2) is 12.5. The number of fused-ring (bicyclic) bond motifs is 6. The molecule has 2 nitrogen and oxygen atoms in total. The maximum Gasteiger partial charge on any atom is 0.136 e. The summed E-state index contributed by atoms with van der Waals surface area (Å²) in [6, 6.07) is 71.8. The molecule has 0 aliphatic heterocycles. The number of rotatable bonds is 6. The van der Waals surface area contributed by atoms with E-state index in [1.165, 1.54) is 38.2 Å². The monoisotopic (exact) mass is 663 g/mol. The summed E-state index contributed by atoms with van der Waals surface area (Å²) in [6.45, 7) is 0. The lowest BCUT2D eigenvalue weighted by Crippen LogP contribution is -2.11. The fourth-order valence-electron chi connectivity index (χ4n) is 7.75. The molecule has 52 heavy (non-hydrogen) atoms. The van der Waals surface area contributed by atoms with Gasteiger partial charge in [0.05, 0.1) is 5.69 Å². The number of nitrogens with zero attached hydrogens (tertiary/aromatic N) is 1. The van der Waals surface area contributed by atoms with Crippen molar-refractivity contribution < 1.29 is 4.42 Å². The van der Waals surface area contributed by atoms with Gasteiger partial charge in [0.2, 0.25) is 0 Å². The van der Waals surface area contributed by atoms with Crippen LogP contribution in [0.2, 0.25) is 0 Å². The topological polar surface area (TPSA) is 16.4 Å². The molecule has 0 bridgehead atoms. The number of furan rings is 1. The highest BCUT2D eigenvalue weighted by molar-refractivity contribution is 6.14. The fourth-order valence-corrected chi connectivity index (χ4v) is 7.75. The van der Waals surface area contributed by atoms with E-state index >= 15 is 0 Å². The number of para-hydroxylation sites is 2. The van der Waals surface area contributed by atoms with Crippen molar-refractivity contribution in [2.45, 2.75) is 0 Å². The van der Waals surface area contributed by atoms with Crippen LogP contribution < -0.4 is 4.90 Å². The standard InChI is InChI=1S/C50H33NO/c1-3-13-35(14-4-1)42-29-26-38(47-31-37-15-7-8-18-41(37)43-19-9-10-20-44(43)47)32-48(42)51(39-16-5-2-6-17-39)40-27-23-34(24-28-40)36-25-30-46-45-21-11-12-22-49(45)52-50(46)33-36/h1-33H. The highest BCUT2D eigenvalue weighted by Gasteiger charge is 2.20. The Labute approximate surface area is 302 Å². The second-order valence-corrected chi connectivity index (χ2v) is 13.3. The van der Waals surface area contributed by atoms with Gasteiger partial charge in [0.25, 0.3) is 0 Å². The van der Waals surface area contributed by atoms with Gasteiger partial charge in [-0.15, -0.1) is 0 Å². The summed E-state index contributed by atoms with van der Waals surface area (Å²) in [6.07, 6.45) is 0. The van der Waals surface area contributed by atoms with Crippen LogP contribution >= 0.6 is 0 Å². The van der Waals surface area contributed by atoms with Crippen LogP contribution in [0.1, 0.15) is 0 Å². The van der Waals surface area contributed by atoms with Crippen LogP contribution in [0.25, 0.3) is 76.9 Å². The first-order chi connectivity index (χ1) is 25.8. The van der Waals surface area contributed by atoms with E-state index in [9.17, 15) is 0 Å². The molecule has 0 fully saturated rings. The molecule has 0 aliphatic carbocycles. The third-order valence-electron chi connectivity index (χ3n) is 10.3. The zero-order valence-corrected chi connectivity index (χ0v) is 28.4. The SMILES string of the molecule is c1ccc(-c2ccc(-c3cc4ccccc4c4ccccc34)cc2N(c2ccccc2)c2ccc(-c3ccc4c(c3)oc3ccccc34)cc2)cc1. The number of hydrogen-bond donors (Lipinski definition) is 0. The molecule has 2 heteroatoms. The highest BCUT2D eigenvalue weighted by atomic mass is 16.3. The molecule has 0 aliphatic rings. The summed E-state index contributed by atoms with van der Waals surface area (Å²) >= 11 is 0. The Kier molecular flexibility index (Phi) is 7.18. The summed E-state index contributed by atoms with van der Waals surface area (Å²) in [7, 11) is 0. The van der Waals surface area contributed by atoms with Crippen molar-refractivity contribution in [1.29, 1.82) is 0 Å². The van der Waals surface area contributed by atoms with E-state index in [4.69, 9.17) is 4.42 Å². The number of anilines is 3. The van der Waals surface area contributed by atoms with Crippen molar-refractivity contribution in [3.8, 4) is 33.4 Å². The molecule has 0 saturated heterocycles. The van der Waals surface area contributed by atoms with Gasteiger partial charge >= 0.3 is 0 Å². The number of hydrogen-bond acceptors (Lipinski definition) is 2. The van der Waals surface area contributed by atoms with Crippen molar-refractivity contribution in [3.63, 3.8) is 0 Å². The summed E-state index contributed by atoms with van der Waals surface area (Å²) in [5.74, 6) is 0. The van der Waals surface area contributed by atoms with Gasteiger partial charge in [0.15, 0.2) is 0 Å². The summed E-state index contributed by atoms with van der Waals surface area (Å²) in [5, 5.41) is 7.30. The van der Waals surface area contributed by atoms with Crippen molar-refractivity contribution in [2.75, 3.05) is 4.90 Å². The predicted octanol–water partition coefficient (Wildman–Crippen LogP) is 14.4. The van der Waals surface area contributed by atoms with Crippen molar-refractivity contribution in [2.24, 2.45) is 0 Å². The molecule has 0 saturated carbocycles. The Morgan fingerprint density at radius 2 is 0.904 bits per heavy atom. The molecule has 1 heterocycles. The van der Waals surface area contributed by atoms with Crippen LogP contribution in [0.15, 0.2) is 205 Å². The Balaban J connectivity index is 1.15. The van der Waals surface area contributed by atoms with Crippen molar-refractivity contribution in [1.82, 2.24) is 0 Å². The maximum absolute atomic E-state index is 6.24. The Bertz CT molecular complexity index is 2890. The van der Waals surface area contributed by atoms with Crippen LogP contribution in [-0.2, 0) is 0 Å².